The van der Waals surface area contributed by atoms with Crippen molar-refractivity contribution in [1.82, 2.24) is 5.32 Å². The van der Waals surface area contributed by atoms with Gasteiger partial charge in [-0.15, -0.1) is 0 Å². The Labute approximate surface area is 116 Å². The number of aliphatic carboxylic acids is 1. The van der Waals surface area contributed by atoms with Crippen LogP contribution in [0.5, 0.6) is 0 Å². The van der Waals surface area contributed by atoms with Gasteiger partial charge < -0.3 is 19.9 Å². The van der Waals surface area contributed by atoms with Gasteiger partial charge in [0.15, 0.2) is 6.04 Å². The normalized spacial score (nSPS) is 11.9. The summed E-state index contributed by atoms with van der Waals surface area (Å²) in [5.74, 6) is -1.95. The standard InChI is InChI=1S/C12H18N2O6/c1-12(2,3)20-11(18)19-7-8(10(16)17)14-9(15)5-4-6-13/h8H,4-5,7H2,1-3H3,(H,14,15)(H,16,17)/t8-/m0/s1. The number of nitrogens with one attached hydrogen (secondary N) is 1. The first-order chi connectivity index (χ1) is 9.15. The predicted octanol–water partition coefficient (Wildman–Crippen LogP) is 0.811. The van der Waals surface area contributed by atoms with Crippen LogP contribution in [-0.4, -0.2) is 41.4 Å². The maximum Gasteiger partial charge on any atom is 0.508 e. The van der Waals surface area contributed by atoms with Gasteiger partial charge in [0, 0.05) is 12.8 Å². The van der Waals surface area contributed by atoms with Gasteiger partial charge in [-0.1, -0.05) is 0 Å². The summed E-state index contributed by atoms with van der Waals surface area (Å²) in [7, 11) is 0. The van der Waals surface area contributed by atoms with Crippen molar-refractivity contribution < 1.29 is 29.0 Å². The van der Waals surface area contributed by atoms with Crippen LogP contribution in [-0.2, 0) is 19.1 Å². The van der Waals surface area contributed by atoms with Crippen LogP contribution in [0.25, 0.3) is 0 Å². The van der Waals surface area contributed by atoms with E-state index in [0.29, 0.717) is 0 Å². The molecule has 0 aromatic rings. The molecule has 0 saturated heterocycles. The van der Waals surface area contributed by atoms with Gasteiger partial charge in [-0.2, -0.15) is 5.26 Å². The molecule has 0 spiro atoms. The summed E-state index contributed by atoms with van der Waals surface area (Å²) in [5, 5.41) is 19.3. The van der Waals surface area contributed by atoms with Gasteiger partial charge >= 0.3 is 12.1 Å². The molecule has 20 heavy (non-hydrogen) atoms. The monoisotopic (exact) mass is 286 g/mol. The molecule has 2 N–H and O–H groups in total. The number of carboxylic acid groups (broad SMARTS) is 1. The minimum Gasteiger partial charge on any atom is -0.480 e. The number of rotatable bonds is 6. The zero-order valence-electron chi connectivity index (χ0n) is 11.6. The molecular weight excluding hydrogens is 268 g/mol. The van der Waals surface area contributed by atoms with E-state index < -0.39 is 36.3 Å². The van der Waals surface area contributed by atoms with Crippen molar-refractivity contribution in [1.29, 1.82) is 5.26 Å². The summed E-state index contributed by atoms with van der Waals surface area (Å²) >= 11 is 0. The number of carbonyl (C=O) groups excluding carboxylic acids is 2. The summed E-state index contributed by atoms with van der Waals surface area (Å²) < 4.78 is 9.45. The highest BCUT2D eigenvalue weighted by Crippen LogP contribution is 2.08. The quantitative estimate of drug-likeness (QED) is 0.692. The number of nitriles is 1. The summed E-state index contributed by atoms with van der Waals surface area (Å²) in [5.41, 5.74) is -0.758. The Morgan fingerprint density at radius 3 is 2.40 bits per heavy atom. The van der Waals surface area contributed by atoms with Crippen molar-refractivity contribution >= 4 is 18.0 Å². The molecule has 0 rings (SSSR count). The van der Waals surface area contributed by atoms with E-state index in [1.54, 1.807) is 26.8 Å². The van der Waals surface area contributed by atoms with Crippen molar-refractivity contribution in [3.63, 3.8) is 0 Å². The molecule has 0 heterocycles. The van der Waals surface area contributed by atoms with Crippen LogP contribution in [0.3, 0.4) is 0 Å². The molecule has 0 aliphatic carbocycles. The second kappa shape index (κ2) is 7.99. The number of hydrogen-bond acceptors (Lipinski definition) is 6. The van der Waals surface area contributed by atoms with Gasteiger partial charge in [0.25, 0.3) is 0 Å². The fourth-order valence-electron chi connectivity index (χ4n) is 1.04. The van der Waals surface area contributed by atoms with Crippen LogP contribution in [0.4, 0.5) is 4.79 Å². The minimum absolute atomic E-state index is 0.0227. The van der Waals surface area contributed by atoms with Crippen LogP contribution in [0.1, 0.15) is 33.6 Å². The zero-order chi connectivity index (χ0) is 15.8. The zero-order valence-corrected chi connectivity index (χ0v) is 11.6. The van der Waals surface area contributed by atoms with E-state index in [2.05, 4.69) is 10.1 Å². The van der Waals surface area contributed by atoms with Crippen LogP contribution in [0.15, 0.2) is 0 Å². The van der Waals surface area contributed by atoms with Crippen molar-refractivity contribution in [3.05, 3.63) is 0 Å². The van der Waals surface area contributed by atoms with E-state index in [9.17, 15) is 14.4 Å². The van der Waals surface area contributed by atoms with Crippen LogP contribution < -0.4 is 5.32 Å². The lowest BCUT2D eigenvalue weighted by Crippen LogP contribution is -2.44. The molecule has 0 fully saturated rings. The first kappa shape index (κ1) is 17.7. The summed E-state index contributed by atoms with van der Waals surface area (Å²) in [4.78, 5) is 33.4. The molecule has 112 valence electrons. The Bertz CT molecular complexity index is 407. The lowest BCUT2D eigenvalue weighted by atomic mass is 10.2. The molecule has 8 heteroatoms. The van der Waals surface area contributed by atoms with E-state index in [4.69, 9.17) is 15.1 Å². The fourth-order valence-corrected chi connectivity index (χ4v) is 1.04. The molecule has 0 aliphatic heterocycles. The summed E-state index contributed by atoms with van der Waals surface area (Å²) in [6.45, 7) is 4.34. The Kier molecular flexibility index (Phi) is 7.07. The van der Waals surface area contributed by atoms with Crippen LogP contribution in [0, 0.1) is 11.3 Å². The second-order valence-corrected chi connectivity index (χ2v) is 4.89. The lowest BCUT2D eigenvalue weighted by Gasteiger charge is -2.20. The number of carboxylic acids is 1. The van der Waals surface area contributed by atoms with Crippen molar-refractivity contribution in [2.75, 3.05) is 6.61 Å². The average Bonchev–Trinajstić information content (AvgIpc) is 2.29. The Morgan fingerprint density at radius 2 is 1.95 bits per heavy atom. The summed E-state index contributed by atoms with van der Waals surface area (Å²) in [6, 6.07) is 0.383. The fraction of sp³-hybridized carbons (Fsp3) is 0.667. The number of carbonyl (C=O) groups is 3. The third kappa shape index (κ3) is 8.74. The third-order valence-electron chi connectivity index (χ3n) is 1.85. The predicted molar refractivity (Wildman–Crippen MR) is 66.6 cm³/mol. The first-order valence-electron chi connectivity index (χ1n) is 5.90. The first-order valence-corrected chi connectivity index (χ1v) is 5.90. The Balaban J connectivity index is 4.29. The Morgan fingerprint density at radius 1 is 1.35 bits per heavy atom. The number of ether oxygens (including phenoxy) is 2. The molecule has 0 bridgehead atoms. The third-order valence-corrected chi connectivity index (χ3v) is 1.85. The Hall–Kier alpha value is -2.30. The number of amides is 1. The van der Waals surface area contributed by atoms with Crippen molar-refractivity contribution in [2.45, 2.75) is 45.3 Å². The average molecular weight is 286 g/mol. The van der Waals surface area contributed by atoms with E-state index in [0.717, 1.165) is 0 Å². The molecule has 0 aromatic carbocycles. The highest BCUT2D eigenvalue weighted by Gasteiger charge is 2.24. The molecular formula is C12H18N2O6. The molecule has 0 aromatic heterocycles. The molecule has 0 radical (unpaired) electrons. The van der Waals surface area contributed by atoms with Crippen LogP contribution >= 0.6 is 0 Å². The molecule has 8 nitrogen and oxygen atoms in total. The van der Waals surface area contributed by atoms with E-state index in [-0.39, 0.29) is 12.8 Å². The summed E-state index contributed by atoms with van der Waals surface area (Å²) in [6.07, 6.45) is -1.16. The minimum atomic E-state index is -1.38. The van der Waals surface area contributed by atoms with Crippen LogP contribution in [0.2, 0.25) is 0 Å². The molecule has 1 atom stereocenters. The van der Waals surface area contributed by atoms with Gasteiger partial charge in [0.1, 0.15) is 12.2 Å². The lowest BCUT2D eigenvalue weighted by molar-refractivity contribution is -0.143. The van der Waals surface area contributed by atoms with Crippen molar-refractivity contribution in [2.24, 2.45) is 0 Å². The number of nitrogens with zero attached hydrogens (tertiary/aromatic N) is 1. The second-order valence-electron chi connectivity index (χ2n) is 4.89. The topological polar surface area (TPSA) is 126 Å². The maximum absolute atomic E-state index is 11.3. The number of hydrogen-bond donors (Lipinski definition) is 2. The van der Waals surface area contributed by atoms with E-state index >= 15 is 0 Å². The van der Waals surface area contributed by atoms with Gasteiger partial charge in [0.2, 0.25) is 5.91 Å². The largest absolute Gasteiger partial charge is 0.508 e. The maximum atomic E-state index is 11.3. The van der Waals surface area contributed by atoms with E-state index in [1.807, 2.05) is 0 Å². The molecule has 0 aliphatic rings. The van der Waals surface area contributed by atoms with Crippen molar-refractivity contribution in [3.8, 4) is 6.07 Å². The van der Waals surface area contributed by atoms with E-state index in [1.165, 1.54) is 0 Å². The molecule has 0 unspecified atom stereocenters. The SMILES string of the molecule is CC(C)(C)OC(=O)OC[C@H](NC(=O)CCC#N)C(=O)O. The van der Waals surface area contributed by atoms with Gasteiger partial charge in [-0.3, -0.25) is 4.79 Å². The highest BCUT2D eigenvalue weighted by molar-refractivity contribution is 5.83. The van der Waals surface area contributed by atoms with Gasteiger partial charge in [-0.25, -0.2) is 9.59 Å². The molecule has 0 saturated carbocycles. The smallest absolute Gasteiger partial charge is 0.480 e. The van der Waals surface area contributed by atoms with Gasteiger partial charge in [0.05, 0.1) is 6.07 Å². The van der Waals surface area contributed by atoms with Gasteiger partial charge in [-0.05, 0) is 20.8 Å². The highest BCUT2D eigenvalue weighted by atomic mass is 16.7. The molecule has 1 amide bonds.